The molecular weight excluding hydrogens is 230 g/mol. The first-order chi connectivity index (χ1) is 8.25. The molecule has 0 unspecified atom stereocenters. The standard InChI is InChI=1S/C13H17N3S/c1-10(2)12-15-13(17-16-12)14-9-8-11-6-4-3-5-7-11/h3-7,10H,8-9H2,1-2H3,(H,14,15,16). The molecule has 1 aromatic carbocycles. The van der Waals surface area contributed by atoms with Gasteiger partial charge < -0.3 is 5.32 Å². The Bertz CT molecular complexity index is 451. The maximum atomic E-state index is 4.44. The zero-order valence-corrected chi connectivity index (χ0v) is 11.0. The van der Waals surface area contributed by atoms with Crippen LogP contribution in [-0.2, 0) is 6.42 Å². The number of hydrogen-bond donors (Lipinski definition) is 1. The number of nitrogens with zero attached hydrogens (tertiary/aromatic N) is 2. The molecule has 3 nitrogen and oxygen atoms in total. The molecule has 2 aromatic rings. The van der Waals surface area contributed by atoms with Crippen LogP contribution in [0.5, 0.6) is 0 Å². The molecule has 1 N–H and O–H groups in total. The molecule has 1 heterocycles. The van der Waals surface area contributed by atoms with Crippen molar-refractivity contribution in [3.05, 3.63) is 41.7 Å². The molecule has 0 amide bonds. The van der Waals surface area contributed by atoms with Crippen LogP contribution < -0.4 is 5.32 Å². The maximum absolute atomic E-state index is 4.44. The highest BCUT2D eigenvalue weighted by Crippen LogP contribution is 2.17. The smallest absolute Gasteiger partial charge is 0.202 e. The first kappa shape index (κ1) is 12.0. The second-order valence-electron chi connectivity index (χ2n) is 4.27. The van der Waals surface area contributed by atoms with Crippen LogP contribution >= 0.6 is 11.5 Å². The molecule has 0 spiro atoms. The van der Waals surface area contributed by atoms with Gasteiger partial charge in [0.2, 0.25) is 5.13 Å². The van der Waals surface area contributed by atoms with Gasteiger partial charge in [0.1, 0.15) is 5.82 Å². The molecule has 0 atom stereocenters. The third-order valence-electron chi connectivity index (χ3n) is 2.49. The molecule has 4 heteroatoms. The summed E-state index contributed by atoms with van der Waals surface area (Å²) in [6.45, 7) is 5.11. The van der Waals surface area contributed by atoms with Gasteiger partial charge in [-0.05, 0) is 12.0 Å². The van der Waals surface area contributed by atoms with Crippen LogP contribution in [0, 0.1) is 0 Å². The van der Waals surface area contributed by atoms with Gasteiger partial charge in [-0.1, -0.05) is 44.2 Å². The molecule has 1 aromatic heterocycles. The van der Waals surface area contributed by atoms with Crippen LogP contribution in [0.1, 0.15) is 31.2 Å². The van der Waals surface area contributed by atoms with Crippen molar-refractivity contribution in [2.45, 2.75) is 26.2 Å². The van der Waals surface area contributed by atoms with Gasteiger partial charge in [-0.15, -0.1) is 0 Å². The van der Waals surface area contributed by atoms with E-state index in [1.807, 2.05) is 6.07 Å². The number of benzene rings is 1. The maximum Gasteiger partial charge on any atom is 0.202 e. The summed E-state index contributed by atoms with van der Waals surface area (Å²) in [6, 6.07) is 10.5. The van der Waals surface area contributed by atoms with E-state index in [1.54, 1.807) is 0 Å². The monoisotopic (exact) mass is 247 g/mol. The summed E-state index contributed by atoms with van der Waals surface area (Å²) in [5.74, 6) is 1.33. The van der Waals surface area contributed by atoms with E-state index in [2.05, 4.69) is 52.8 Å². The summed E-state index contributed by atoms with van der Waals surface area (Å²) in [4.78, 5) is 4.44. The largest absolute Gasteiger partial charge is 0.360 e. The van der Waals surface area contributed by atoms with Gasteiger partial charge in [0.15, 0.2) is 0 Å². The summed E-state index contributed by atoms with van der Waals surface area (Å²) in [7, 11) is 0. The molecule has 0 aliphatic carbocycles. The number of hydrogen-bond acceptors (Lipinski definition) is 4. The fraction of sp³-hybridized carbons (Fsp3) is 0.385. The second-order valence-corrected chi connectivity index (χ2v) is 5.03. The Kier molecular flexibility index (Phi) is 4.09. The van der Waals surface area contributed by atoms with E-state index in [9.17, 15) is 0 Å². The lowest BCUT2D eigenvalue weighted by Gasteiger charge is -2.02. The minimum Gasteiger partial charge on any atom is -0.360 e. The van der Waals surface area contributed by atoms with Gasteiger partial charge in [-0.2, -0.15) is 4.37 Å². The minimum absolute atomic E-state index is 0.399. The van der Waals surface area contributed by atoms with Crippen molar-refractivity contribution < 1.29 is 0 Å². The predicted molar refractivity (Wildman–Crippen MR) is 72.6 cm³/mol. The molecule has 0 aliphatic heterocycles. The van der Waals surface area contributed by atoms with Crippen LogP contribution in [0.25, 0.3) is 0 Å². The Labute approximate surface area is 106 Å². The predicted octanol–water partition coefficient (Wildman–Crippen LogP) is 3.32. The zero-order valence-electron chi connectivity index (χ0n) is 10.2. The lowest BCUT2D eigenvalue weighted by molar-refractivity contribution is 0.799. The first-order valence-corrected chi connectivity index (χ1v) is 6.64. The normalized spacial score (nSPS) is 10.8. The number of aromatic nitrogens is 2. The van der Waals surface area contributed by atoms with E-state index in [0.29, 0.717) is 5.92 Å². The lowest BCUT2D eigenvalue weighted by Crippen LogP contribution is -2.04. The van der Waals surface area contributed by atoms with Crippen LogP contribution in [-0.4, -0.2) is 15.9 Å². The quantitative estimate of drug-likeness (QED) is 0.880. The van der Waals surface area contributed by atoms with E-state index in [-0.39, 0.29) is 0 Å². The molecule has 0 saturated heterocycles. The van der Waals surface area contributed by atoms with Crippen molar-refractivity contribution in [1.82, 2.24) is 9.36 Å². The van der Waals surface area contributed by atoms with Gasteiger partial charge in [0.25, 0.3) is 0 Å². The van der Waals surface area contributed by atoms with E-state index in [1.165, 1.54) is 17.1 Å². The molecule has 90 valence electrons. The third kappa shape index (κ3) is 3.53. The average molecular weight is 247 g/mol. The van der Waals surface area contributed by atoms with E-state index in [0.717, 1.165) is 23.9 Å². The molecule has 2 rings (SSSR count). The Balaban J connectivity index is 1.82. The fourth-order valence-corrected chi connectivity index (χ4v) is 2.23. The SMILES string of the molecule is CC(C)c1nsc(NCCc2ccccc2)n1. The summed E-state index contributed by atoms with van der Waals surface area (Å²) < 4.78 is 4.31. The summed E-state index contributed by atoms with van der Waals surface area (Å²) in [5, 5.41) is 4.23. The van der Waals surface area contributed by atoms with Gasteiger partial charge in [0.05, 0.1) is 0 Å². The van der Waals surface area contributed by atoms with E-state index >= 15 is 0 Å². The van der Waals surface area contributed by atoms with Gasteiger partial charge >= 0.3 is 0 Å². The minimum atomic E-state index is 0.399. The van der Waals surface area contributed by atoms with Crippen molar-refractivity contribution >= 4 is 16.7 Å². The second kappa shape index (κ2) is 5.77. The van der Waals surface area contributed by atoms with Crippen LogP contribution in [0.4, 0.5) is 5.13 Å². The molecule has 0 radical (unpaired) electrons. The third-order valence-corrected chi connectivity index (χ3v) is 3.18. The topological polar surface area (TPSA) is 37.8 Å². The first-order valence-electron chi connectivity index (χ1n) is 5.87. The Morgan fingerprint density at radius 3 is 2.65 bits per heavy atom. The number of rotatable bonds is 5. The molecule has 0 fully saturated rings. The van der Waals surface area contributed by atoms with E-state index < -0.39 is 0 Å². The highest BCUT2D eigenvalue weighted by atomic mass is 32.1. The van der Waals surface area contributed by atoms with Crippen molar-refractivity contribution in [1.29, 1.82) is 0 Å². The Morgan fingerprint density at radius 1 is 1.24 bits per heavy atom. The lowest BCUT2D eigenvalue weighted by atomic mass is 10.1. The highest BCUT2D eigenvalue weighted by Gasteiger charge is 2.06. The Hall–Kier alpha value is -1.42. The van der Waals surface area contributed by atoms with Crippen molar-refractivity contribution in [3.63, 3.8) is 0 Å². The van der Waals surface area contributed by atoms with Gasteiger partial charge in [-0.25, -0.2) is 4.98 Å². The van der Waals surface area contributed by atoms with Crippen LogP contribution in [0.3, 0.4) is 0 Å². The van der Waals surface area contributed by atoms with E-state index in [4.69, 9.17) is 0 Å². The fourth-order valence-electron chi connectivity index (χ4n) is 1.50. The molecular formula is C13H17N3S. The zero-order chi connectivity index (χ0) is 12.1. The summed E-state index contributed by atoms with van der Waals surface area (Å²) >= 11 is 1.44. The Morgan fingerprint density at radius 2 is 2.00 bits per heavy atom. The van der Waals surface area contributed by atoms with Gasteiger partial charge in [-0.3, -0.25) is 0 Å². The van der Waals surface area contributed by atoms with Crippen LogP contribution in [0.2, 0.25) is 0 Å². The van der Waals surface area contributed by atoms with Gasteiger partial charge in [0, 0.05) is 24.0 Å². The molecule has 17 heavy (non-hydrogen) atoms. The van der Waals surface area contributed by atoms with Crippen molar-refractivity contribution in [3.8, 4) is 0 Å². The van der Waals surface area contributed by atoms with Crippen LogP contribution in [0.15, 0.2) is 30.3 Å². The number of nitrogens with one attached hydrogen (secondary N) is 1. The van der Waals surface area contributed by atoms with Crippen molar-refractivity contribution in [2.75, 3.05) is 11.9 Å². The molecule has 0 aliphatic rings. The summed E-state index contributed by atoms with van der Waals surface area (Å²) in [6.07, 6.45) is 1.01. The number of anilines is 1. The molecule has 0 saturated carbocycles. The average Bonchev–Trinajstić information content (AvgIpc) is 2.79. The summed E-state index contributed by atoms with van der Waals surface area (Å²) in [5.41, 5.74) is 1.34. The highest BCUT2D eigenvalue weighted by molar-refractivity contribution is 7.09. The van der Waals surface area contributed by atoms with Crippen molar-refractivity contribution in [2.24, 2.45) is 0 Å². The molecule has 0 bridgehead atoms.